The highest BCUT2D eigenvalue weighted by molar-refractivity contribution is 9.10. The maximum Gasteiger partial charge on any atom is 0.0850 e. The van der Waals surface area contributed by atoms with E-state index in [1.54, 1.807) is 0 Å². The van der Waals surface area contributed by atoms with E-state index in [0.29, 0.717) is 0 Å². The van der Waals surface area contributed by atoms with Gasteiger partial charge in [0.2, 0.25) is 0 Å². The summed E-state index contributed by atoms with van der Waals surface area (Å²) in [6.07, 6.45) is 1.90. The van der Waals surface area contributed by atoms with E-state index >= 15 is 0 Å². The van der Waals surface area contributed by atoms with Crippen LogP contribution in [0, 0.1) is 0 Å². The molecule has 0 spiro atoms. The van der Waals surface area contributed by atoms with Crippen LogP contribution >= 0.6 is 27.7 Å². The molecule has 0 saturated heterocycles. The van der Waals surface area contributed by atoms with Gasteiger partial charge in [-0.05, 0) is 39.2 Å². The Kier molecular flexibility index (Phi) is 3.00. The van der Waals surface area contributed by atoms with Crippen molar-refractivity contribution < 1.29 is 5.48 Å². The van der Waals surface area contributed by atoms with E-state index in [4.69, 9.17) is 0 Å². The summed E-state index contributed by atoms with van der Waals surface area (Å²) in [6, 6.07) is 6.43. The van der Waals surface area contributed by atoms with Crippen LogP contribution in [0.3, 0.4) is 0 Å². The lowest BCUT2D eigenvalue weighted by atomic mass is 10.0. The van der Waals surface area contributed by atoms with Crippen LogP contribution < -0.4 is 0 Å². The first-order chi connectivity index (χ1) is 6.86. The van der Waals surface area contributed by atoms with Crippen LogP contribution in [0.4, 0.5) is 0 Å². The Morgan fingerprint density at radius 3 is 2.67 bits per heavy atom. The van der Waals surface area contributed by atoms with Crippen LogP contribution in [0.1, 0.15) is 11.1 Å². The molecule has 0 amide bonds. The molecule has 2 heterocycles. The summed E-state index contributed by atoms with van der Waals surface area (Å²) in [7, 11) is 0. The summed E-state index contributed by atoms with van der Waals surface area (Å²) < 4.78 is 1.10. The standard InChI is InChI=1S/C11H8BrNS.H2O/c12-9-2-1-7-5-14-6-8-3-4-13-11(9)10(7)8;/h1-4H,5-6H2;1H2. The molecule has 1 aromatic carbocycles. The van der Waals surface area contributed by atoms with Gasteiger partial charge < -0.3 is 5.48 Å². The number of benzene rings is 1. The van der Waals surface area contributed by atoms with Gasteiger partial charge in [0, 0.05) is 27.6 Å². The quantitative estimate of drug-likeness (QED) is 0.746. The highest BCUT2D eigenvalue weighted by Crippen LogP contribution is 2.35. The number of thioether (sulfide) groups is 1. The first-order valence-corrected chi connectivity index (χ1v) is 6.44. The van der Waals surface area contributed by atoms with Gasteiger partial charge in [-0.25, -0.2) is 0 Å². The van der Waals surface area contributed by atoms with E-state index < -0.39 is 0 Å². The summed E-state index contributed by atoms with van der Waals surface area (Å²) in [5, 5.41) is 1.36. The van der Waals surface area contributed by atoms with Crippen LogP contribution in [-0.4, -0.2) is 10.5 Å². The van der Waals surface area contributed by atoms with Crippen molar-refractivity contribution in [2.45, 2.75) is 11.5 Å². The van der Waals surface area contributed by atoms with E-state index in [-0.39, 0.29) is 5.48 Å². The molecule has 1 aliphatic heterocycles. The number of pyridine rings is 1. The Bertz CT molecular complexity index is 505. The third-order valence-corrected chi connectivity index (χ3v) is 4.20. The van der Waals surface area contributed by atoms with E-state index in [9.17, 15) is 0 Å². The van der Waals surface area contributed by atoms with Gasteiger partial charge in [-0.2, -0.15) is 11.8 Å². The van der Waals surface area contributed by atoms with E-state index in [1.165, 1.54) is 16.5 Å². The van der Waals surface area contributed by atoms with Crippen molar-refractivity contribution in [3.05, 3.63) is 40.0 Å². The fraction of sp³-hybridized carbons (Fsp3) is 0.182. The van der Waals surface area contributed by atoms with Crippen LogP contribution in [0.15, 0.2) is 28.9 Å². The van der Waals surface area contributed by atoms with Crippen LogP contribution in [0.2, 0.25) is 0 Å². The fourth-order valence-corrected chi connectivity index (χ4v) is 3.34. The van der Waals surface area contributed by atoms with E-state index in [1.807, 2.05) is 18.0 Å². The summed E-state index contributed by atoms with van der Waals surface area (Å²) in [6.45, 7) is 0. The Morgan fingerprint density at radius 1 is 1.13 bits per heavy atom. The molecule has 0 saturated carbocycles. The monoisotopic (exact) mass is 283 g/mol. The van der Waals surface area contributed by atoms with Gasteiger partial charge in [0.15, 0.2) is 0 Å². The smallest absolute Gasteiger partial charge is 0.0850 e. The van der Waals surface area contributed by atoms with Crippen LogP contribution in [0.5, 0.6) is 0 Å². The lowest BCUT2D eigenvalue weighted by Crippen LogP contribution is -1.97. The van der Waals surface area contributed by atoms with Crippen LogP contribution in [0.25, 0.3) is 10.9 Å². The molecule has 0 unspecified atom stereocenters. The summed E-state index contributed by atoms with van der Waals surface area (Å²) in [5.74, 6) is 2.23. The largest absolute Gasteiger partial charge is 0.412 e. The molecule has 2 N–H and O–H groups in total. The van der Waals surface area contributed by atoms with Crippen LogP contribution in [-0.2, 0) is 11.5 Å². The number of rotatable bonds is 0. The predicted molar refractivity (Wildman–Crippen MR) is 68.1 cm³/mol. The molecule has 0 fully saturated rings. The van der Waals surface area contributed by atoms with Crippen molar-refractivity contribution in [2.24, 2.45) is 0 Å². The Morgan fingerprint density at radius 2 is 1.87 bits per heavy atom. The molecule has 0 aliphatic carbocycles. The molecule has 1 aromatic heterocycles. The minimum absolute atomic E-state index is 0. The highest BCUT2D eigenvalue weighted by atomic mass is 79.9. The molecule has 2 nitrogen and oxygen atoms in total. The van der Waals surface area contributed by atoms with Gasteiger partial charge in [-0.3, -0.25) is 4.98 Å². The molecular weight excluding hydrogens is 274 g/mol. The minimum atomic E-state index is 0. The molecule has 3 rings (SSSR count). The van der Waals surface area contributed by atoms with Crippen molar-refractivity contribution in [3.8, 4) is 0 Å². The molecule has 2 aromatic rings. The second kappa shape index (κ2) is 4.12. The molecule has 15 heavy (non-hydrogen) atoms. The second-order valence-electron chi connectivity index (χ2n) is 3.39. The van der Waals surface area contributed by atoms with Gasteiger partial charge in [0.25, 0.3) is 0 Å². The summed E-state index contributed by atoms with van der Waals surface area (Å²) in [4.78, 5) is 4.43. The van der Waals surface area contributed by atoms with E-state index in [0.717, 1.165) is 21.5 Å². The van der Waals surface area contributed by atoms with Crippen molar-refractivity contribution in [1.82, 2.24) is 4.98 Å². The summed E-state index contributed by atoms with van der Waals surface area (Å²) in [5.41, 5.74) is 3.95. The third-order valence-electron chi connectivity index (χ3n) is 2.53. The number of nitrogens with zero attached hydrogens (tertiary/aromatic N) is 1. The van der Waals surface area contributed by atoms with Crippen molar-refractivity contribution in [2.75, 3.05) is 0 Å². The van der Waals surface area contributed by atoms with Gasteiger partial charge in [0.1, 0.15) is 0 Å². The highest BCUT2D eigenvalue weighted by Gasteiger charge is 2.14. The minimum Gasteiger partial charge on any atom is -0.412 e. The SMILES string of the molecule is Brc1ccc2c3c(ccnc13)CSC2.O. The van der Waals surface area contributed by atoms with Gasteiger partial charge in [0.05, 0.1) is 5.52 Å². The maximum absolute atomic E-state index is 4.43. The van der Waals surface area contributed by atoms with Gasteiger partial charge in [-0.15, -0.1) is 0 Å². The predicted octanol–water partition coefficient (Wildman–Crippen LogP) is 2.92. The first kappa shape index (κ1) is 10.9. The zero-order chi connectivity index (χ0) is 9.54. The first-order valence-electron chi connectivity index (χ1n) is 4.49. The Hall–Kier alpha value is -0.580. The van der Waals surface area contributed by atoms with E-state index in [2.05, 4.69) is 39.1 Å². The topological polar surface area (TPSA) is 44.4 Å². The molecule has 0 atom stereocenters. The Balaban J connectivity index is 0.000000853. The van der Waals surface area contributed by atoms with Crippen molar-refractivity contribution >= 4 is 38.6 Å². The molecule has 1 aliphatic rings. The molecule has 78 valence electrons. The molecule has 0 radical (unpaired) electrons. The molecular formula is C11H10BrNOS. The lowest BCUT2D eigenvalue weighted by molar-refractivity contribution is 0.824. The number of hydrogen-bond acceptors (Lipinski definition) is 2. The lowest BCUT2D eigenvalue weighted by Gasteiger charge is -2.16. The van der Waals surface area contributed by atoms with Crippen molar-refractivity contribution in [1.29, 1.82) is 0 Å². The molecule has 4 heteroatoms. The number of hydrogen-bond donors (Lipinski definition) is 0. The average Bonchev–Trinajstić information content (AvgIpc) is 2.24. The van der Waals surface area contributed by atoms with Gasteiger partial charge in [-0.1, -0.05) is 6.07 Å². The second-order valence-corrected chi connectivity index (χ2v) is 5.23. The zero-order valence-corrected chi connectivity index (χ0v) is 10.4. The Labute approximate surface area is 101 Å². The fourth-order valence-electron chi connectivity index (χ4n) is 1.89. The maximum atomic E-state index is 4.43. The normalized spacial score (nSPS) is 13.7. The number of halogens is 1. The molecule has 0 bridgehead atoms. The number of aromatic nitrogens is 1. The third kappa shape index (κ3) is 1.67. The summed E-state index contributed by atoms with van der Waals surface area (Å²) >= 11 is 5.52. The van der Waals surface area contributed by atoms with Crippen molar-refractivity contribution in [3.63, 3.8) is 0 Å². The average molecular weight is 284 g/mol. The van der Waals surface area contributed by atoms with Gasteiger partial charge >= 0.3 is 0 Å². The zero-order valence-electron chi connectivity index (χ0n) is 7.96.